The summed E-state index contributed by atoms with van der Waals surface area (Å²) in [6.45, 7) is 1.84. The SMILES string of the molecule is CCCC(=O)c1cc2c(cc1F)OC(C(=O)O)C2. The molecule has 1 aromatic rings. The lowest BCUT2D eigenvalue weighted by Gasteiger charge is -2.05. The van der Waals surface area contributed by atoms with E-state index in [1.165, 1.54) is 6.07 Å². The van der Waals surface area contributed by atoms with E-state index in [0.29, 0.717) is 12.0 Å². The maximum absolute atomic E-state index is 13.7. The van der Waals surface area contributed by atoms with E-state index in [2.05, 4.69) is 0 Å². The zero-order valence-corrected chi connectivity index (χ0v) is 9.90. The summed E-state index contributed by atoms with van der Waals surface area (Å²) in [5, 5.41) is 8.83. The molecule has 0 aliphatic carbocycles. The maximum atomic E-state index is 13.7. The molecule has 96 valence electrons. The fourth-order valence-corrected chi connectivity index (χ4v) is 1.98. The molecule has 1 aromatic carbocycles. The second-order valence-corrected chi connectivity index (χ2v) is 4.26. The third-order valence-corrected chi connectivity index (χ3v) is 2.88. The first-order valence-corrected chi connectivity index (χ1v) is 5.78. The largest absolute Gasteiger partial charge is 0.478 e. The van der Waals surface area contributed by atoms with Crippen LogP contribution in [0, 0.1) is 5.82 Å². The Labute approximate surface area is 103 Å². The Bertz CT molecular complexity index is 510. The van der Waals surface area contributed by atoms with Crippen LogP contribution in [0.5, 0.6) is 5.75 Å². The number of ketones is 1. The Balaban J connectivity index is 2.31. The van der Waals surface area contributed by atoms with Crippen LogP contribution < -0.4 is 4.74 Å². The van der Waals surface area contributed by atoms with Crippen molar-refractivity contribution in [2.45, 2.75) is 32.3 Å². The number of carboxylic acid groups (broad SMARTS) is 1. The zero-order chi connectivity index (χ0) is 13.3. The van der Waals surface area contributed by atoms with Gasteiger partial charge in [-0.2, -0.15) is 0 Å². The minimum Gasteiger partial charge on any atom is -0.478 e. The van der Waals surface area contributed by atoms with E-state index in [0.717, 1.165) is 6.07 Å². The van der Waals surface area contributed by atoms with E-state index >= 15 is 0 Å². The van der Waals surface area contributed by atoms with Gasteiger partial charge in [0.15, 0.2) is 11.9 Å². The van der Waals surface area contributed by atoms with Gasteiger partial charge in [-0.15, -0.1) is 0 Å². The smallest absolute Gasteiger partial charge is 0.345 e. The molecule has 2 rings (SSSR count). The number of carbonyl (C=O) groups is 2. The normalized spacial score (nSPS) is 17.1. The summed E-state index contributed by atoms with van der Waals surface area (Å²) in [6, 6.07) is 2.51. The lowest BCUT2D eigenvalue weighted by Crippen LogP contribution is -2.24. The molecule has 18 heavy (non-hydrogen) atoms. The predicted molar refractivity (Wildman–Crippen MR) is 61.4 cm³/mol. The van der Waals surface area contributed by atoms with Gasteiger partial charge in [-0.05, 0) is 18.1 Å². The molecule has 0 fully saturated rings. The molecule has 1 atom stereocenters. The fourth-order valence-electron chi connectivity index (χ4n) is 1.98. The molecule has 0 saturated heterocycles. The monoisotopic (exact) mass is 252 g/mol. The van der Waals surface area contributed by atoms with E-state index in [-0.39, 0.29) is 29.9 Å². The van der Waals surface area contributed by atoms with Crippen molar-refractivity contribution >= 4 is 11.8 Å². The van der Waals surface area contributed by atoms with Crippen molar-refractivity contribution in [3.05, 3.63) is 29.1 Å². The summed E-state index contributed by atoms with van der Waals surface area (Å²) in [5.41, 5.74) is 0.591. The third-order valence-electron chi connectivity index (χ3n) is 2.88. The standard InChI is InChI=1S/C13H13FO4/c1-2-3-10(15)8-4-7-5-12(13(16)17)18-11(7)6-9(8)14/h4,6,12H,2-3,5H2,1H3,(H,16,17). The van der Waals surface area contributed by atoms with Gasteiger partial charge >= 0.3 is 5.97 Å². The molecule has 0 saturated carbocycles. The first-order valence-electron chi connectivity index (χ1n) is 5.78. The molecule has 0 aromatic heterocycles. The third kappa shape index (κ3) is 2.20. The Hall–Kier alpha value is -1.91. The fraction of sp³-hybridized carbons (Fsp3) is 0.385. The minimum atomic E-state index is -1.09. The van der Waals surface area contributed by atoms with E-state index < -0.39 is 17.9 Å². The molecule has 0 bridgehead atoms. The van der Waals surface area contributed by atoms with E-state index in [4.69, 9.17) is 9.84 Å². The number of Topliss-reactive ketones (excluding diaryl/α,β-unsaturated/α-hetero) is 1. The van der Waals surface area contributed by atoms with E-state index in [9.17, 15) is 14.0 Å². The number of aliphatic carboxylic acids is 1. The number of hydrogen-bond acceptors (Lipinski definition) is 3. The molecule has 4 nitrogen and oxygen atoms in total. The van der Waals surface area contributed by atoms with Crippen molar-refractivity contribution in [1.82, 2.24) is 0 Å². The van der Waals surface area contributed by atoms with Crippen LogP contribution in [-0.2, 0) is 11.2 Å². The second-order valence-electron chi connectivity index (χ2n) is 4.26. The van der Waals surface area contributed by atoms with Crippen LogP contribution in [0.15, 0.2) is 12.1 Å². The average molecular weight is 252 g/mol. The van der Waals surface area contributed by atoms with Gasteiger partial charge in [-0.1, -0.05) is 6.92 Å². The summed E-state index contributed by atoms with van der Waals surface area (Å²) in [6.07, 6.45) is 0.0933. The van der Waals surface area contributed by atoms with Gasteiger partial charge in [-0.25, -0.2) is 9.18 Å². The molecule has 1 heterocycles. The van der Waals surface area contributed by atoms with Crippen molar-refractivity contribution in [1.29, 1.82) is 0 Å². The Kier molecular flexibility index (Phi) is 3.32. The van der Waals surface area contributed by atoms with Crippen LogP contribution in [0.3, 0.4) is 0 Å². The number of ether oxygens (including phenoxy) is 1. The highest BCUT2D eigenvalue weighted by Crippen LogP contribution is 2.31. The maximum Gasteiger partial charge on any atom is 0.345 e. The lowest BCUT2D eigenvalue weighted by atomic mass is 10.0. The highest BCUT2D eigenvalue weighted by molar-refractivity contribution is 5.96. The van der Waals surface area contributed by atoms with Gasteiger partial charge in [0.2, 0.25) is 0 Å². The zero-order valence-electron chi connectivity index (χ0n) is 9.90. The summed E-state index contributed by atoms with van der Waals surface area (Å²) in [7, 11) is 0. The first-order chi connectivity index (χ1) is 8.52. The molecular weight excluding hydrogens is 239 g/mol. The molecule has 5 heteroatoms. The predicted octanol–water partition coefficient (Wildman–Crippen LogP) is 2.20. The molecule has 0 radical (unpaired) electrons. The summed E-state index contributed by atoms with van der Waals surface area (Å²) >= 11 is 0. The summed E-state index contributed by atoms with van der Waals surface area (Å²) in [4.78, 5) is 22.5. The molecule has 0 spiro atoms. The number of fused-ring (bicyclic) bond motifs is 1. The van der Waals surface area contributed by atoms with Crippen LogP contribution in [0.25, 0.3) is 0 Å². The number of carbonyl (C=O) groups excluding carboxylic acids is 1. The van der Waals surface area contributed by atoms with Crippen molar-refractivity contribution in [2.75, 3.05) is 0 Å². The van der Waals surface area contributed by atoms with Gasteiger partial charge in [0.25, 0.3) is 0 Å². The number of halogens is 1. The number of benzene rings is 1. The van der Waals surface area contributed by atoms with E-state index in [1.807, 2.05) is 6.92 Å². The van der Waals surface area contributed by atoms with Crippen molar-refractivity contribution in [3.8, 4) is 5.75 Å². The molecule has 1 aliphatic heterocycles. The topological polar surface area (TPSA) is 63.6 Å². The van der Waals surface area contributed by atoms with E-state index in [1.54, 1.807) is 0 Å². The highest BCUT2D eigenvalue weighted by atomic mass is 19.1. The second kappa shape index (κ2) is 4.76. The highest BCUT2D eigenvalue weighted by Gasteiger charge is 2.30. The minimum absolute atomic E-state index is 0.0187. The van der Waals surface area contributed by atoms with Crippen molar-refractivity contribution < 1.29 is 23.8 Å². The van der Waals surface area contributed by atoms with Gasteiger partial charge in [0.05, 0.1) is 5.56 Å². The van der Waals surface area contributed by atoms with Gasteiger partial charge in [0, 0.05) is 18.9 Å². The molecule has 0 amide bonds. The van der Waals surface area contributed by atoms with Gasteiger partial charge in [0.1, 0.15) is 11.6 Å². The van der Waals surface area contributed by atoms with Crippen LogP contribution in [-0.4, -0.2) is 23.0 Å². The van der Waals surface area contributed by atoms with Crippen LogP contribution in [0.4, 0.5) is 4.39 Å². The van der Waals surface area contributed by atoms with Crippen LogP contribution >= 0.6 is 0 Å². The van der Waals surface area contributed by atoms with Crippen molar-refractivity contribution in [2.24, 2.45) is 0 Å². The Morgan fingerprint density at radius 2 is 2.22 bits per heavy atom. The summed E-state index contributed by atoms with van der Waals surface area (Å²) in [5.74, 6) is -1.80. The Morgan fingerprint density at radius 3 is 2.83 bits per heavy atom. The lowest BCUT2D eigenvalue weighted by molar-refractivity contribution is -0.144. The number of carboxylic acids is 1. The molecule has 1 N–H and O–H groups in total. The van der Waals surface area contributed by atoms with Crippen LogP contribution in [0.2, 0.25) is 0 Å². The van der Waals surface area contributed by atoms with Gasteiger partial charge < -0.3 is 9.84 Å². The number of rotatable bonds is 4. The Morgan fingerprint density at radius 1 is 1.50 bits per heavy atom. The molecule has 1 aliphatic rings. The quantitative estimate of drug-likeness (QED) is 0.834. The summed E-state index contributed by atoms with van der Waals surface area (Å²) < 4.78 is 18.8. The van der Waals surface area contributed by atoms with Crippen LogP contribution in [0.1, 0.15) is 35.7 Å². The average Bonchev–Trinajstić information content (AvgIpc) is 2.71. The molecule has 1 unspecified atom stereocenters. The number of hydrogen-bond donors (Lipinski definition) is 1. The first kappa shape index (κ1) is 12.5. The van der Waals surface area contributed by atoms with Crippen molar-refractivity contribution in [3.63, 3.8) is 0 Å². The van der Waals surface area contributed by atoms with Gasteiger partial charge in [-0.3, -0.25) is 4.79 Å². The molecular formula is C13H13FO4.